The van der Waals surface area contributed by atoms with Gasteiger partial charge in [-0.1, -0.05) is 0 Å². The van der Waals surface area contributed by atoms with Crippen LogP contribution in [0.1, 0.15) is 6.92 Å². The van der Waals surface area contributed by atoms with Crippen molar-refractivity contribution >= 4 is 24.2 Å². The summed E-state index contributed by atoms with van der Waals surface area (Å²) in [6.45, 7) is 1.10. The summed E-state index contributed by atoms with van der Waals surface area (Å²) < 4.78 is 9.01. The molecular formula is C9H8O6. The Morgan fingerprint density at radius 1 is 1.47 bits per heavy atom. The number of hydrogen-bond acceptors (Lipinski definition) is 6. The Bertz CT molecular complexity index is 360. The molecule has 1 saturated heterocycles. The van der Waals surface area contributed by atoms with Gasteiger partial charge in [0.1, 0.15) is 0 Å². The topological polar surface area (TPSA) is 86.7 Å². The maximum Gasteiger partial charge on any atom is 0.317 e. The van der Waals surface area contributed by atoms with E-state index in [9.17, 15) is 19.2 Å². The van der Waals surface area contributed by atoms with Gasteiger partial charge in [-0.25, -0.2) is 0 Å². The summed E-state index contributed by atoms with van der Waals surface area (Å²) in [7, 11) is 0. The molecule has 1 aliphatic carbocycles. The van der Waals surface area contributed by atoms with E-state index in [1.165, 1.54) is 0 Å². The van der Waals surface area contributed by atoms with Crippen molar-refractivity contribution in [2.24, 2.45) is 17.8 Å². The summed E-state index contributed by atoms with van der Waals surface area (Å²) >= 11 is 0. The maximum atomic E-state index is 11.3. The number of aldehydes is 1. The molecule has 4 atom stereocenters. The maximum absolute atomic E-state index is 11.3. The second-order valence-electron chi connectivity index (χ2n) is 3.58. The largest absolute Gasteiger partial charge is 0.454 e. The van der Waals surface area contributed by atoms with Gasteiger partial charge in [-0.15, -0.1) is 0 Å². The SMILES string of the molecule is CC(=O)OC(=O)C1C2C(C=O)OC(=O)[C@@H]12. The Labute approximate surface area is 84.5 Å². The Morgan fingerprint density at radius 2 is 2.13 bits per heavy atom. The highest BCUT2D eigenvalue weighted by molar-refractivity contribution is 5.96. The zero-order valence-corrected chi connectivity index (χ0v) is 7.84. The highest BCUT2D eigenvalue weighted by atomic mass is 16.6. The molecule has 2 rings (SSSR count). The molecule has 0 aromatic rings. The smallest absolute Gasteiger partial charge is 0.317 e. The highest BCUT2D eigenvalue weighted by Gasteiger charge is 2.69. The average molecular weight is 212 g/mol. The molecule has 15 heavy (non-hydrogen) atoms. The molecule has 0 N–H and O–H groups in total. The number of fused-ring (bicyclic) bond motifs is 1. The van der Waals surface area contributed by atoms with Gasteiger partial charge in [-0.05, 0) is 0 Å². The molecule has 0 aromatic carbocycles. The predicted octanol–water partition coefficient (Wildman–Crippen LogP) is -0.937. The van der Waals surface area contributed by atoms with Gasteiger partial charge in [0, 0.05) is 12.8 Å². The van der Waals surface area contributed by atoms with Crippen LogP contribution in [-0.2, 0) is 28.7 Å². The van der Waals surface area contributed by atoms with Crippen LogP contribution in [0.4, 0.5) is 0 Å². The van der Waals surface area contributed by atoms with E-state index < -0.39 is 41.8 Å². The van der Waals surface area contributed by atoms with Crippen LogP contribution in [0.5, 0.6) is 0 Å². The molecular weight excluding hydrogens is 204 g/mol. The zero-order chi connectivity index (χ0) is 11.2. The van der Waals surface area contributed by atoms with Crippen molar-refractivity contribution in [3.05, 3.63) is 0 Å². The Hall–Kier alpha value is -1.72. The Balaban J connectivity index is 2.04. The molecule has 2 fully saturated rings. The van der Waals surface area contributed by atoms with Crippen LogP contribution in [0.25, 0.3) is 0 Å². The van der Waals surface area contributed by atoms with E-state index in [4.69, 9.17) is 0 Å². The minimum absolute atomic E-state index is 0.443. The van der Waals surface area contributed by atoms with Crippen LogP contribution in [0.3, 0.4) is 0 Å². The second-order valence-corrected chi connectivity index (χ2v) is 3.58. The van der Waals surface area contributed by atoms with E-state index in [0.717, 1.165) is 6.92 Å². The minimum atomic E-state index is -0.869. The molecule has 80 valence electrons. The van der Waals surface area contributed by atoms with Gasteiger partial charge in [-0.2, -0.15) is 0 Å². The van der Waals surface area contributed by atoms with E-state index in [2.05, 4.69) is 9.47 Å². The average Bonchev–Trinajstić information content (AvgIpc) is 2.80. The van der Waals surface area contributed by atoms with Crippen molar-refractivity contribution in [2.45, 2.75) is 13.0 Å². The van der Waals surface area contributed by atoms with Crippen LogP contribution in [-0.4, -0.2) is 30.3 Å². The van der Waals surface area contributed by atoms with Crippen LogP contribution in [0.15, 0.2) is 0 Å². The molecule has 0 radical (unpaired) electrons. The summed E-state index contributed by atoms with van der Waals surface area (Å²) in [5.74, 6) is -3.77. The lowest BCUT2D eigenvalue weighted by Gasteiger charge is -2.07. The van der Waals surface area contributed by atoms with Gasteiger partial charge >= 0.3 is 17.9 Å². The predicted molar refractivity (Wildman–Crippen MR) is 43.2 cm³/mol. The number of carbonyl (C=O) groups is 4. The number of ether oxygens (including phenoxy) is 2. The Morgan fingerprint density at radius 3 is 2.67 bits per heavy atom. The van der Waals surface area contributed by atoms with Crippen LogP contribution < -0.4 is 0 Å². The highest BCUT2D eigenvalue weighted by Crippen LogP contribution is 2.55. The molecule has 0 spiro atoms. The second kappa shape index (κ2) is 3.15. The summed E-state index contributed by atoms with van der Waals surface area (Å²) in [6.07, 6.45) is -0.379. The first-order valence-electron chi connectivity index (χ1n) is 4.44. The van der Waals surface area contributed by atoms with Crippen LogP contribution >= 0.6 is 0 Å². The number of cyclic esters (lactones) is 1. The molecule has 1 heterocycles. The van der Waals surface area contributed by atoms with Crippen molar-refractivity contribution < 1.29 is 28.7 Å². The van der Waals surface area contributed by atoms with Gasteiger partial charge in [0.2, 0.25) is 0 Å². The fourth-order valence-corrected chi connectivity index (χ4v) is 1.97. The lowest BCUT2D eigenvalue weighted by molar-refractivity contribution is -0.163. The van der Waals surface area contributed by atoms with Crippen molar-refractivity contribution in [2.75, 3.05) is 0 Å². The quantitative estimate of drug-likeness (QED) is 0.333. The monoisotopic (exact) mass is 212 g/mol. The van der Waals surface area contributed by atoms with Crippen molar-refractivity contribution in [3.8, 4) is 0 Å². The van der Waals surface area contributed by atoms with Crippen LogP contribution in [0.2, 0.25) is 0 Å². The Kier molecular flexibility index (Phi) is 2.06. The van der Waals surface area contributed by atoms with E-state index >= 15 is 0 Å². The van der Waals surface area contributed by atoms with Crippen molar-refractivity contribution in [3.63, 3.8) is 0 Å². The molecule has 0 amide bonds. The third-order valence-electron chi connectivity index (χ3n) is 2.63. The van der Waals surface area contributed by atoms with E-state index in [1.54, 1.807) is 0 Å². The normalized spacial score (nSPS) is 36.5. The summed E-state index contributed by atoms with van der Waals surface area (Å²) in [4.78, 5) is 43.4. The molecule has 0 bridgehead atoms. The van der Waals surface area contributed by atoms with Gasteiger partial charge in [0.15, 0.2) is 12.4 Å². The van der Waals surface area contributed by atoms with Gasteiger partial charge in [0.25, 0.3) is 0 Å². The summed E-state index contributed by atoms with van der Waals surface area (Å²) in [5, 5.41) is 0. The first-order valence-corrected chi connectivity index (χ1v) is 4.44. The summed E-state index contributed by atoms with van der Waals surface area (Å²) in [6, 6.07) is 0. The van der Waals surface area contributed by atoms with E-state index in [0.29, 0.717) is 6.29 Å². The van der Waals surface area contributed by atoms with E-state index in [-0.39, 0.29) is 0 Å². The molecule has 6 nitrogen and oxygen atoms in total. The number of carbonyl (C=O) groups excluding carboxylic acids is 4. The molecule has 0 aromatic heterocycles. The molecule has 1 aliphatic heterocycles. The van der Waals surface area contributed by atoms with Crippen molar-refractivity contribution in [1.29, 1.82) is 0 Å². The molecule has 2 aliphatic rings. The first kappa shape index (κ1) is 9.82. The third-order valence-corrected chi connectivity index (χ3v) is 2.63. The van der Waals surface area contributed by atoms with Gasteiger partial charge in [0.05, 0.1) is 11.8 Å². The van der Waals surface area contributed by atoms with Crippen molar-refractivity contribution in [1.82, 2.24) is 0 Å². The fraction of sp³-hybridized carbons (Fsp3) is 0.556. The third kappa shape index (κ3) is 1.42. The van der Waals surface area contributed by atoms with Gasteiger partial charge in [-0.3, -0.25) is 19.2 Å². The standard InChI is InChI=1S/C9H8O6/c1-3(11)14-8(12)6-5-4(2-10)15-9(13)7(5)6/h2,4-7H,1H3/t4?,5?,6?,7-/m1/s1. The van der Waals surface area contributed by atoms with E-state index in [1.807, 2.05) is 0 Å². The molecule has 6 heteroatoms. The number of esters is 3. The minimum Gasteiger partial charge on any atom is -0.454 e. The molecule has 1 saturated carbocycles. The lowest BCUT2D eigenvalue weighted by atomic mass is 10.2. The van der Waals surface area contributed by atoms with Gasteiger partial charge < -0.3 is 9.47 Å². The first-order chi connectivity index (χ1) is 7.06. The number of rotatable bonds is 2. The fourth-order valence-electron chi connectivity index (χ4n) is 1.97. The molecule has 3 unspecified atom stereocenters. The zero-order valence-electron chi connectivity index (χ0n) is 7.84. The number of hydrogen-bond donors (Lipinski definition) is 0. The summed E-state index contributed by atoms with van der Waals surface area (Å²) in [5.41, 5.74) is 0. The lowest BCUT2D eigenvalue weighted by Crippen LogP contribution is -2.23. The van der Waals surface area contributed by atoms with Crippen LogP contribution in [0, 0.1) is 17.8 Å².